The lowest BCUT2D eigenvalue weighted by Crippen LogP contribution is -2.39. The Hall–Kier alpha value is -1.23. The van der Waals surface area contributed by atoms with Gasteiger partial charge in [0.25, 0.3) is 0 Å². The molecule has 0 spiro atoms. The molecular weight excluding hydrogens is 308 g/mol. The van der Waals surface area contributed by atoms with Crippen molar-refractivity contribution in [3.8, 4) is 5.75 Å². The highest BCUT2D eigenvalue weighted by Crippen LogP contribution is 2.26. The molecular formula is C14H21BrN2O2. The molecule has 0 bridgehead atoms. The summed E-state index contributed by atoms with van der Waals surface area (Å²) in [5.41, 5.74) is 0.840. The van der Waals surface area contributed by atoms with Crippen LogP contribution in [-0.2, 0) is 4.79 Å². The van der Waals surface area contributed by atoms with Gasteiger partial charge in [0.2, 0.25) is 5.91 Å². The molecule has 0 aliphatic rings. The smallest absolute Gasteiger partial charge is 0.239 e. The molecule has 5 heteroatoms. The van der Waals surface area contributed by atoms with Crippen LogP contribution in [0.2, 0.25) is 0 Å². The Morgan fingerprint density at radius 1 is 1.37 bits per heavy atom. The summed E-state index contributed by atoms with van der Waals surface area (Å²) >= 11 is 3.43. The summed E-state index contributed by atoms with van der Waals surface area (Å²) in [5, 5.41) is 6.04. The van der Waals surface area contributed by atoms with Gasteiger partial charge in [0.15, 0.2) is 0 Å². The van der Waals surface area contributed by atoms with E-state index in [0.29, 0.717) is 5.92 Å². The molecule has 0 aliphatic heterocycles. The molecule has 0 aliphatic carbocycles. The van der Waals surface area contributed by atoms with Gasteiger partial charge < -0.3 is 15.4 Å². The third kappa shape index (κ3) is 5.11. The van der Waals surface area contributed by atoms with Gasteiger partial charge in [0, 0.05) is 16.6 Å². The highest BCUT2D eigenvalue weighted by Gasteiger charge is 2.11. The quantitative estimate of drug-likeness (QED) is 0.843. The Balaban J connectivity index is 2.54. The second-order valence-electron chi connectivity index (χ2n) is 4.80. The average molecular weight is 329 g/mol. The van der Waals surface area contributed by atoms with Crippen LogP contribution in [-0.4, -0.2) is 25.6 Å². The van der Waals surface area contributed by atoms with Crippen molar-refractivity contribution in [1.29, 1.82) is 0 Å². The van der Waals surface area contributed by atoms with Gasteiger partial charge >= 0.3 is 0 Å². The summed E-state index contributed by atoms with van der Waals surface area (Å²) in [6, 6.07) is 5.76. The van der Waals surface area contributed by atoms with Crippen molar-refractivity contribution in [2.45, 2.75) is 26.8 Å². The fraction of sp³-hybridized carbons (Fsp3) is 0.500. The van der Waals surface area contributed by atoms with Crippen molar-refractivity contribution in [1.82, 2.24) is 5.32 Å². The maximum Gasteiger partial charge on any atom is 0.239 e. The van der Waals surface area contributed by atoms with Crippen LogP contribution in [0.5, 0.6) is 5.75 Å². The first-order chi connectivity index (χ1) is 8.93. The van der Waals surface area contributed by atoms with E-state index in [1.54, 1.807) is 7.11 Å². The van der Waals surface area contributed by atoms with Gasteiger partial charge in [-0.15, -0.1) is 0 Å². The third-order valence-electron chi connectivity index (χ3n) is 3.00. The van der Waals surface area contributed by atoms with Crippen LogP contribution in [0.15, 0.2) is 22.7 Å². The number of methoxy groups -OCH3 is 1. The van der Waals surface area contributed by atoms with E-state index in [4.69, 9.17) is 4.74 Å². The van der Waals surface area contributed by atoms with Crippen molar-refractivity contribution in [3.63, 3.8) is 0 Å². The zero-order valence-corrected chi connectivity index (χ0v) is 13.4. The molecule has 106 valence electrons. The Morgan fingerprint density at radius 2 is 2.05 bits per heavy atom. The van der Waals surface area contributed by atoms with Crippen LogP contribution in [0.1, 0.15) is 20.8 Å². The zero-order valence-electron chi connectivity index (χ0n) is 11.8. The molecule has 1 aromatic carbocycles. The Labute approximate surface area is 123 Å². The molecule has 0 fully saturated rings. The summed E-state index contributed by atoms with van der Waals surface area (Å²) in [7, 11) is 1.62. The minimum Gasteiger partial charge on any atom is -0.497 e. The summed E-state index contributed by atoms with van der Waals surface area (Å²) in [6.45, 7) is 6.40. The number of hydrogen-bond donors (Lipinski definition) is 2. The van der Waals surface area contributed by atoms with Crippen LogP contribution in [0.4, 0.5) is 5.69 Å². The summed E-state index contributed by atoms with van der Waals surface area (Å²) in [5.74, 6) is 1.16. The van der Waals surface area contributed by atoms with Crippen LogP contribution in [0.3, 0.4) is 0 Å². The zero-order chi connectivity index (χ0) is 14.4. The molecule has 0 aromatic heterocycles. The molecule has 2 N–H and O–H groups in total. The maximum absolute atomic E-state index is 11.8. The highest BCUT2D eigenvalue weighted by atomic mass is 79.9. The predicted octanol–water partition coefficient (Wildman–Crippen LogP) is 3.03. The van der Waals surface area contributed by atoms with Gasteiger partial charge in [-0.3, -0.25) is 4.79 Å². The van der Waals surface area contributed by atoms with E-state index in [1.165, 1.54) is 0 Å². The van der Waals surface area contributed by atoms with Gasteiger partial charge in [-0.25, -0.2) is 0 Å². The SMILES string of the molecule is COc1ccc(Br)c(NCC(=O)NC(C)C(C)C)c1. The Kier molecular flexibility index (Phi) is 6.15. The van der Waals surface area contributed by atoms with Crippen LogP contribution in [0, 0.1) is 5.92 Å². The van der Waals surface area contributed by atoms with Crippen molar-refractivity contribution >= 4 is 27.5 Å². The summed E-state index contributed by atoms with van der Waals surface area (Å²) in [4.78, 5) is 11.8. The van der Waals surface area contributed by atoms with Gasteiger partial charge in [0.1, 0.15) is 5.75 Å². The number of benzene rings is 1. The van der Waals surface area contributed by atoms with E-state index < -0.39 is 0 Å². The van der Waals surface area contributed by atoms with E-state index >= 15 is 0 Å². The lowest BCUT2D eigenvalue weighted by atomic mass is 10.1. The standard InChI is InChI=1S/C14H21BrN2O2/c1-9(2)10(3)17-14(18)8-16-13-7-11(19-4)5-6-12(13)15/h5-7,9-10,16H,8H2,1-4H3,(H,17,18). The fourth-order valence-electron chi connectivity index (χ4n) is 1.41. The van der Waals surface area contributed by atoms with Crippen molar-refractivity contribution in [3.05, 3.63) is 22.7 Å². The van der Waals surface area contributed by atoms with Crippen LogP contribution < -0.4 is 15.4 Å². The van der Waals surface area contributed by atoms with Gasteiger partial charge in [-0.2, -0.15) is 0 Å². The molecule has 4 nitrogen and oxygen atoms in total. The average Bonchev–Trinajstić information content (AvgIpc) is 2.37. The number of anilines is 1. The molecule has 0 saturated carbocycles. The minimum atomic E-state index is -0.0177. The van der Waals surface area contributed by atoms with Crippen molar-refractivity contribution in [2.75, 3.05) is 19.0 Å². The van der Waals surface area contributed by atoms with Crippen LogP contribution >= 0.6 is 15.9 Å². The van der Waals surface area contributed by atoms with E-state index in [2.05, 4.69) is 40.4 Å². The summed E-state index contributed by atoms with van der Waals surface area (Å²) < 4.78 is 6.05. The maximum atomic E-state index is 11.8. The molecule has 1 unspecified atom stereocenters. The monoisotopic (exact) mass is 328 g/mol. The molecule has 0 saturated heterocycles. The van der Waals surface area contributed by atoms with Gasteiger partial charge in [-0.05, 0) is 40.9 Å². The molecule has 1 aromatic rings. The lowest BCUT2D eigenvalue weighted by molar-refractivity contribution is -0.120. The number of ether oxygens (including phenoxy) is 1. The van der Waals surface area contributed by atoms with E-state index in [9.17, 15) is 4.79 Å². The number of carbonyl (C=O) groups excluding carboxylic acids is 1. The number of nitrogens with one attached hydrogen (secondary N) is 2. The first-order valence-electron chi connectivity index (χ1n) is 6.30. The second kappa shape index (κ2) is 7.38. The number of halogens is 1. The Morgan fingerprint density at radius 3 is 2.63 bits per heavy atom. The minimum absolute atomic E-state index is 0.0177. The number of amides is 1. The molecule has 0 radical (unpaired) electrons. The van der Waals surface area contributed by atoms with E-state index in [1.807, 2.05) is 25.1 Å². The van der Waals surface area contributed by atoms with E-state index in [0.717, 1.165) is 15.9 Å². The van der Waals surface area contributed by atoms with E-state index in [-0.39, 0.29) is 18.5 Å². The summed E-state index contributed by atoms with van der Waals surface area (Å²) in [6.07, 6.45) is 0. The lowest BCUT2D eigenvalue weighted by Gasteiger charge is -2.18. The van der Waals surface area contributed by atoms with Crippen LogP contribution in [0.25, 0.3) is 0 Å². The fourth-order valence-corrected chi connectivity index (χ4v) is 1.80. The molecule has 1 amide bonds. The molecule has 1 rings (SSSR count). The topological polar surface area (TPSA) is 50.4 Å². The Bertz CT molecular complexity index is 435. The van der Waals surface area contributed by atoms with Gasteiger partial charge in [-0.1, -0.05) is 13.8 Å². The van der Waals surface area contributed by atoms with Crippen molar-refractivity contribution in [2.24, 2.45) is 5.92 Å². The molecule has 1 atom stereocenters. The number of rotatable bonds is 6. The first kappa shape index (κ1) is 15.8. The molecule has 0 heterocycles. The largest absolute Gasteiger partial charge is 0.497 e. The van der Waals surface area contributed by atoms with Gasteiger partial charge in [0.05, 0.1) is 19.3 Å². The first-order valence-corrected chi connectivity index (χ1v) is 7.10. The predicted molar refractivity (Wildman–Crippen MR) is 81.6 cm³/mol. The number of carbonyl (C=O) groups is 1. The second-order valence-corrected chi connectivity index (χ2v) is 5.65. The number of hydrogen-bond acceptors (Lipinski definition) is 3. The normalized spacial score (nSPS) is 12.1. The molecule has 19 heavy (non-hydrogen) atoms. The van der Waals surface area contributed by atoms with Crippen molar-refractivity contribution < 1.29 is 9.53 Å². The highest BCUT2D eigenvalue weighted by molar-refractivity contribution is 9.10. The third-order valence-corrected chi connectivity index (χ3v) is 3.69.